The number of nitrogens with zero attached hydrogens (tertiary/aromatic N) is 2. The summed E-state index contributed by atoms with van der Waals surface area (Å²) in [5.41, 5.74) is 7.97. The van der Waals surface area contributed by atoms with Crippen molar-refractivity contribution in [2.24, 2.45) is 0 Å². The molecular weight excluding hydrogens is 232 g/mol. The van der Waals surface area contributed by atoms with Gasteiger partial charge < -0.3 is 11.1 Å². The Morgan fingerprint density at radius 3 is 3.06 bits per heavy atom. The van der Waals surface area contributed by atoms with Crippen molar-refractivity contribution in [2.45, 2.75) is 26.8 Å². The molecule has 0 saturated carbocycles. The quantitative estimate of drug-likeness (QED) is 0.873. The summed E-state index contributed by atoms with van der Waals surface area (Å²) in [5, 5.41) is 5.43. The molecule has 0 amide bonds. The van der Waals surface area contributed by atoms with Crippen molar-refractivity contribution in [1.82, 2.24) is 9.97 Å². The van der Waals surface area contributed by atoms with Crippen LogP contribution in [0.25, 0.3) is 0 Å². The predicted octanol–water partition coefficient (Wildman–Crippen LogP) is 2.60. The molecule has 0 atom stereocenters. The van der Waals surface area contributed by atoms with Crippen molar-refractivity contribution in [3.63, 3.8) is 0 Å². The standard InChI is InChI=1S/C12H16N4S/c1-3-9-4-5-17-10(9)7-14-11-8(2)6-15-12(13)16-11/h4-6H,3,7H2,1-2H3,(H3,13,14,15,16). The first-order valence-electron chi connectivity index (χ1n) is 5.59. The summed E-state index contributed by atoms with van der Waals surface area (Å²) in [6.07, 6.45) is 2.80. The molecule has 4 nitrogen and oxygen atoms in total. The third-order valence-corrected chi connectivity index (χ3v) is 3.59. The highest BCUT2D eigenvalue weighted by molar-refractivity contribution is 7.10. The molecule has 0 spiro atoms. The fraction of sp³-hybridized carbons (Fsp3) is 0.333. The molecule has 2 heterocycles. The number of hydrogen-bond donors (Lipinski definition) is 2. The zero-order valence-corrected chi connectivity index (χ0v) is 10.8. The van der Waals surface area contributed by atoms with Crippen LogP contribution in [0.3, 0.4) is 0 Å². The Balaban J connectivity index is 2.09. The minimum Gasteiger partial charge on any atom is -0.368 e. The van der Waals surface area contributed by atoms with Crippen LogP contribution >= 0.6 is 11.3 Å². The Morgan fingerprint density at radius 1 is 1.47 bits per heavy atom. The van der Waals surface area contributed by atoms with Gasteiger partial charge in [-0.15, -0.1) is 11.3 Å². The van der Waals surface area contributed by atoms with Crippen molar-refractivity contribution in [2.75, 3.05) is 11.1 Å². The van der Waals surface area contributed by atoms with Gasteiger partial charge in [-0.1, -0.05) is 6.92 Å². The van der Waals surface area contributed by atoms with Crippen LogP contribution in [0.1, 0.15) is 22.9 Å². The number of nitrogens with one attached hydrogen (secondary N) is 1. The predicted molar refractivity (Wildman–Crippen MR) is 72.2 cm³/mol. The molecule has 0 aromatic carbocycles. The number of nitrogen functional groups attached to an aromatic ring is 1. The Kier molecular flexibility index (Phi) is 3.58. The van der Waals surface area contributed by atoms with Gasteiger partial charge in [-0.25, -0.2) is 4.98 Å². The lowest BCUT2D eigenvalue weighted by Crippen LogP contribution is -2.06. The molecule has 0 aliphatic rings. The van der Waals surface area contributed by atoms with Crippen LogP contribution in [-0.2, 0) is 13.0 Å². The van der Waals surface area contributed by atoms with E-state index in [1.807, 2.05) is 6.92 Å². The zero-order valence-electron chi connectivity index (χ0n) is 10.0. The van der Waals surface area contributed by atoms with Crippen LogP contribution in [0, 0.1) is 6.92 Å². The summed E-state index contributed by atoms with van der Waals surface area (Å²) in [7, 11) is 0. The monoisotopic (exact) mass is 248 g/mol. The normalized spacial score (nSPS) is 10.5. The van der Waals surface area contributed by atoms with Gasteiger partial charge in [0.1, 0.15) is 5.82 Å². The molecule has 5 heteroatoms. The van der Waals surface area contributed by atoms with E-state index in [9.17, 15) is 0 Å². The van der Waals surface area contributed by atoms with Crippen LogP contribution in [0.15, 0.2) is 17.6 Å². The maximum atomic E-state index is 5.57. The number of rotatable bonds is 4. The summed E-state index contributed by atoms with van der Waals surface area (Å²) < 4.78 is 0. The molecule has 0 unspecified atom stereocenters. The van der Waals surface area contributed by atoms with Crippen molar-refractivity contribution in [3.05, 3.63) is 33.6 Å². The van der Waals surface area contributed by atoms with Gasteiger partial charge in [0.05, 0.1) is 6.54 Å². The highest BCUT2D eigenvalue weighted by atomic mass is 32.1. The molecule has 2 rings (SSSR count). The maximum absolute atomic E-state index is 5.57. The molecule has 2 aromatic rings. The largest absolute Gasteiger partial charge is 0.368 e. The van der Waals surface area contributed by atoms with E-state index in [0.29, 0.717) is 5.95 Å². The van der Waals surface area contributed by atoms with Gasteiger partial charge in [0.2, 0.25) is 5.95 Å². The highest BCUT2D eigenvalue weighted by Gasteiger charge is 2.05. The Bertz CT molecular complexity index is 507. The highest BCUT2D eigenvalue weighted by Crippen LogP contribution is 2.19. The van der Waals surface area contributed by atoms with Gasteiger partial charge in [-0.3, -0.25) is 0 Å². The van der Waals surface area contributed by atoms with Crippen LogP contribution in [0.5, 0.6) is 0 Å². The summed E-state index contributed by atoms with van der Waals surface area (Å²) in [6.45, 7) is 4.93. The lowest BCUT2D eigenvalue weighted by atomic mass is 10.2. The number of hydrogen-bond acceptors (Lipinski definition) is 5. The number of nitrogens with two attached hydrogens (primary N) is 1. The van der Waals surface area contributed by atoms with E-state index >= 15 is 0 Å². The topological polar surface area (TPSA) is 63.8 Å². The molecule has 0 saturated heterocycles. The number of aryl methyl sites for hydroxylation is 2. The van der Waals surface area contributed by atoms with Crippen molar-refractivity contribution in [1.29, 1.82) is 0 Å². The Morgan fingerprint density at radius 2 is 2.29 bits per heavy atom. The average Bonchev–Trinajstić information content (AvgIpc) is 2.77. The van der Waals surface area contributed by atoms with Crippen molar-refractivity contribution in [3.8, 4) is 0 Å². The van der Waals surface area contributed by atoms with Gasteiger partial charge in [0.15, 0.2) is 0 Å². The average molecular weight is 248 g/mol. The summed E-state index contributed by atoms with van der Waals surface area (Å²) in [5.74, 6) is 1.12. The van der Waals surface area contributed by atoms with E-state index in [-0.39, 0.29) is 0 Å². The molecule has 0 fully saturated rings. The fourth-order valence-corrected chi connectivity index (χ4v) is 2.55. The van der Waals surface area contributed by atoms with E-state index in [4.69, 9.17) is 5.73 Å². The van der Waals surface area contributed by atoms with Crippen LogP contribution < -0.4 is 11.1 Å². The third-order valence-electron chi connectivity index (χ3n) is 2.63. The minimum absolute atomic E-state index is 0.306. The third kappa shape index (κ3) is 2.74. The molecule has 90 valence electrons. The first-order valence-corrected chi connectivity index (χ1v) is 6.47. The van der Waals surface area contributed by atoms with Crippen LogP contribution in [0.4, 0.5) is 11.8 Å². The SMILES string of the molecule is CCc1ccsc1CNc1nc(N)ncc1C. The maximum Gasteiger partial charge on any atom is 0.221 e. The van der Waals surface area contributed by atoms with E-state index in [1.54, 1.807) is 17.5 Å². The molecule has 17 heavy (non-hydrogen) atoms. The van der Waals surface area contributed by atoms with E-state index in [1.165, 1.54) is 10.4 Å². The lowest BCUT2D eigenvalue weighted by Gasteiger charge is -2.08. The summed E-state index contributed by atoms with van der Waals surface area (Å²) in [4.78, 5) is 9.49. The van der Waals surface area contributed by atoms with E-state index in [2.05, 4.69) is 33.7 Å². The van der Waals surface area contributed by atoms with Gasteiger partial charge in [-0.2, -0.15) is 4.98 Å². The van der Waals surface area contributed by atoms with E-state index in [0.717, 1.165) is 24.3 Å². The Labute approximate surface area is 105 Å². The summed E-state index contributed by atoms with van der Waals surface area (Å²) in [6, 6.07) is 2.17. The minimum atomic E-state index is 0.306. The zero-order chi connectivity index (χ0) is 12.3. The molecule has 0 radical (unpaired) electrons. The Hall–Kier alpha value is -1.62. The second-order valence-electron chi connectivity index (χ2n) is 3.84. The van der Waals surface area contributed by atoms with Gasteiger partial charge >= 0.3 is 0 Å². The molecular formula is C12H16N4S. The second-order valence-corrected chi connectivity index (χ2v) is 4.84. The first kappa shape index (κ1) is 11.9. The second kappa shape index (κ2) is 5.14. The van der Waals surface area contributed by atoms with E-state index < -0.39 is 0 Å². The van der Waals surface area contributed by atoms with Crippen LogP contribution in [0.2, 0.25) is 0 Å². The number of anilines is 2. The van der Waals surface area contributed by atoms with Gasteiger partial charge in [-0.05, 0) is 30.4 Å². The fourth-order valence-electron chi connectivity index (χ4n) is 1.64. The molecule has 0 aliphatic heterocycles. The van der Waals surface area contributed by atoms with Gasteiger partial charge in [0.25, 0.3) is 0 Å². The molecule has 3 N–H and O–H groups in total. The van der Waals surface area contributed by atoms with Gasteiger partial charge in [0, 0.05) is 16.6 Å². The van der Waals surface area contributed by atoms with Crippen LogP contribution in [-0.4, -0.2) is 9.97 Å². The number of aromatic nitrogens is 2. The first-order chi connectivity index (χ1) is 8.20. The smallest absolute Gasteiger partial charge is 0.221 e. The summed E-state index contributed by atoms with van der Waals surface area (Å²) >= 11 is 1.77. The lowest BCUT2D eigenvalue weighted by molar-refractivity contribution is 1.05. The molecule has 0 aliphatic carbocycles. The molecule has 2 aromatic heterocycles. The number of thiophene rings is 1. The van der Waals surface area contributed by atoms with Crippen molar-refractivity contribution >= 4 is 23.1 Å². The molecule has 0 bridgehead atoms. The van der Waals surface area contributed by atoms with Crippen molar-refractivity contribution < 1.29 is 0 Å².